The Kier molecular flexibility index (Phi) is 6.41. The Bertz CT molecular complexity index is 791. The molecule has 2 heterocycles. The summed E-state index contributed by atoms with van der Waals surface area (Å²) in [7, 11) is 0. The van der Waals surface area contributed by atoms with Crippen molar-refractivity contribution >= 4 is 5.96 Å². The van der Waals surface area contributed by atoms with Gasteiger partial charge in [0.15, 0.2) is 5.96 Å². The Labute approximate surface area is 153 Å². The quantitative estimate of drug-likeness (QED) is 0.480. The average molecular weight is 351 g/mol. The molecule has 26 heavy (non-hydrogen) atoms. The SMILES string of the molecule is CCNC(=NCc1ccccc1Cn1cccn1)NCCn1cccn1. The van der Waals surface area contributed by atoms with Gasteiger partial charge < -0.3 is 10.6 Å². The van der Waals surface area contributed by atoms with Crippen LogP contribution in [0, 0.1) is 0 Å². The fourth-order valence-electron chi connectivity index (χ4n) is 2.66. The topological polar surface area (TPSA) is 72.1 Å². The molecule has 0 bridgehead atoms. The van der Waals surface area contributed by atoms with Crippen molar-refractivity contribution in [2.24, 2.45) is 4.99 Å². The third-order valence-electron chi connectivity index (χ3n) is 3.95. The zero-order chi connectivity index (χ0) is 18.0. The fraction of sp³-hybridized carbons (Fsp3) is 0.316. The molecule has 0 radical (unpaired) electrons. The van der Waals surface area contributed by atoms with Gasteiger partial charge in [0, 0.05) is 37.9 Å². The lowest BCUT2D eigenvalue weighted by atomic mass is 10.1. The van der Waals surface area contributed by atoms with E-state index in [9.17, 15) is 0 Å². The first-order valence-corrected chi connectivity index (χ1v) is 8.89. The second kappa shape index (κ2) is 9.41. The molecule has 0 amide bonds. The lowest BCUT2D eigenvalue weighted by molar-refractivity contribution is 0.597. The molecule has 0 aliphatic carbocycles. The molecule has 1 aromatic carbocycles. The second-order valence-electron chi connectivity index (χ2n) is 5.86. The minimum Gasteiger partial charge on any atom is -0.357 e. The Morgan fingerprint density at radius 2 is 1.69 bits per heavy atom. The van der Waals surface area contributed by atoms with E-state index in [0.717, 1.165) is 32.1 Å². The molecular weight excluding hydrogens is 326 g/mol. The van der Waals surface area contributed by atoms with Gasteiger partial charge in [-0.2, -0.15) is 10.2 Å². The van der Waals surface area contributed by atoms with Gasteiger partial charge in [-0.1, -0.05) is 24.3 Å². The van der Waals surface area contributed by atoms with Crippen LogP contribution in [0.25, 0.3) is 0 Å². The highest BCUT2D eigenvalue weighted by atomic mass is 15.3. The Morgan fingerprint density at radius 1 is 0.962 bits per heavy atom. The number of rotatable bonds is 8. The van der Waals surface area contributed by atoms with Gasteiger partial charge in [0.1, 0.15) is 0 Å². The number of benzene rings is 1. The maximum atomic E-state index is 4.73. The summed E-state index contributed by atoms with van der Waals surface area (Å²) >= 11 is 0. The third-order valence-corrected chi connectivity index (χ3v) is 3.95. The van der Waals surface area contributed by atoms with E-state index >= 15 is 0 Å². The van der Waals surface area contributed by atoms with E-state index in [-0.39, 0.29) is 0 Å². The molecule has 0 aliphatic heterocycles. The van der Waals surface area contributed by atoms with Crippen LogP contribution in [0.1, 0.15) is 18.1 Å². The Balaban J connectivity index is 1.61. The molecule has 3 aromatic rings. The molecule has 0 saturated heterocycles. The minimum atomic E-state index is 0.620. The van der Waals surface area contributed by atoms with Gasteiger partial charge in [0.05, 0.1) is 19.6 Å². The van der Waals surface area contributed by atoms with Crippen molar-refractivity contribution < 1.29 is 0 Å². The molecule has 7 heteroatoms. The summed E-state index contributed by atoms with van der Waals surface area (Å²) in [6, 6.07) is 12.2. The van der Waals surface area contributed by atoms with Gasteiger partial charge in [-0.3, -0.25) is 9.36 Å². The predicted molar refractivity (Wildman–Crippen MR) is 103 cm³/mol. The molecular formula is C19H25N7. The number of aliphatic imine (C=N–C) groups is 1. The van der Waals surface area contributed by atoms with Crippen LogP contribution in [0.15, 0.2) is 66.2 Å². The lowest BCUT2D eigenvalue weighted by Gasteiger charge is -2.12. The van der Waals surface area contributed by atoms with E-state index in [0.29, 0.717) is 6.54 Å². The van der Waals surface area contributed by atoms with E-state index < -0.39 is 0 Å². The normalized spacial score (nSPS) is 11.5. The number of nitrogens with zero attached hydrogens (tertiary/aromatic N) is 5. The Morgan fingerprint density at radius 3 is 2.38 bits per heavy atom. The molecule has 136 valence electrons. The monoisotopic (exact) mass is 351 g/mol. The summed E-state index contributed by atoms with van der Waals surface area (Å²) < 4.78 is 3.83. The molecule has 2 aromatic heterocycles. The maximum Gasteiger partial charge on any atom is 0.191 e. The van der Waals surface area contributed by atoms with E-state index in [1.807, 2.05) is 33.9 Å². The van der Waals surface area contributed by atoms with Crippen molar-refractivity contribution in [1.82, 2.24) is 30.2 Å². The van der Waals surface area contributed by atoms with Crippen molar-refractivity contribution in [2.75, 3.05) is 13.1 Å². The first-order chi connectivity index (χ1) is 12.8. The van der Waals surface area contributed by atoms with Crippen LogP contribution in [-0.4, -0.2) is 38.6 Å². The molecule has 3 rings (SSSR count). The van der Waals surface area contributed by atoms with Gasteiger partial charge in [-0.05, 0) is 30.2 Å². The van der Waals surface area contributed by atoms with E-state index in [1.165, 1.54) is 11.1 Å². The zero-order valence-electron chi connectivity index (χ0n) is 15.0. The zero-order valence-corrected chi connectivity index (χ0v) is 15.0. The molecule has 0 unspecified atom stereocenters. The number of hydrogen-bond acceptors (Lipinski definition) is 3. The average Bonchev–Trinajstić information content (AvgIpc) is 3.35. The highest BCUT2D eigenvalue weighted by molar-refractivity contribution is 5.79. The largest absolute Gasteiger partial charge is 0.357 e. The summed E-state index contributed by atoms with van der Waals surface area (Å²) in [5.41, 5.74) is 2.43. The van der Waals surface area contributed by atoms with Gasteiger partial charge in [0.2, 0.25) is 0 Å². The van der Waals surface area contributed by atoms with Crippen LogP contribution in [0.2, 0.25) is 0 Å². The van der Waals surface area contributed by atoms with E-state index in [2.05, 4.69) is 52.0 Å². The molecule has 7 nitrogen and oxygen atoms in total. The summed E-state index contributed by atoms with van der Waals surface area (Å²) in [5.74, 6) is 0.813. The summed E-state index contributed by atoms with van der Waals surface area (Å²) in [6.45, 7) is 5.82. The number of nitrogens with one attached hydrogen (secondary N) is 2. The van der Waals surface area contributed by atoms with E-state index in [4.69, 9.17) is 4.99 Å². The molecule has 0 atom stereocenters. The smallest absolute Gasteiger partial charge is 0.191 e. The minimum absolute atomic E-state index is 0.620. The Hall–Kier alpha value is -3.09. The predicted octanol–water partition coefficient (Wildman–Crippen LogP) is 1.88. The van der Waals surface area contributed by atoms with Crippen molar-refractivity contribution in [1.29, 1.82) is 0 Å². The third kappa shape index (κ3) is 5.20. The molecule has 0 aliphatic rings. The van der Waals surface area contributed by atoms with Crippen molar-refractivity contribution in [3.8, 4) is 0 Å². The van der Waals surface area contributed by atoms with Crippen molar-refractivity contribution in [3.05, 3.63) is 72.3 Å². The van der Waals surface area contributed by atoms with Crippen LogP contribution in [0.5, 0.6) is 0 Å². The van der Waals surface area contributed by atoms with Gasteiger partial charge in [-0.15, -0.1) is 0 Å². The number of hydrogen-bond donors (Lipinski definition) is 2. The van der Waals surface area contributed by atoms with Crippen LogP contribution < -0.4 is 10.6 Å². The summed E-state index contributed by atoms with van der Waals surface area (Å²) in [4.78, 5) is 4.73. The van der Waals surface area contributed by atoms with Crippen LogP contribution in [-0.2, 0) is 19.6 Å². The molecule has 0 saturated carbocycles. The summed E-state index contributed by atoms with van der Waals surface area (Å²) in [5, 5.41) is 15.1. The van der Waals surface area contributed by atoms with Gasteiger partial charge >= 0.3 is 0 Å². The number of aromatic nitrogens is 4. The first kappa shape index (κ1) is 17.7. The number of guanidine groups is 1. The van der Waals surface area contributed by atoms with Crippen molar-refractivity contribution in [3.63, 3.8) is 0 Å². The van der Waals surface area contributed by atoms with Gasteiger partial charge in [-0.25, -0.2) is 4.99 Å². The first-order valence-electron chi connectivity index (χ1n) is 8.89. The molecule has 2 N–H and O–H groups in total. The molecule has 0 spiro atoms. The van der Waals surface area contributed by atoms with E-state index in [1.54, 1.807) is 12.4 Å². The second-order valence-corrected chi connectivity index (χ2v) is 5.86. The maximum absolute atomic E-state index is 4.73. The van der Waals surface area contributed by atoms with Crippen LogP contribution in [0.3, 0.4) is 0 Å². The summed E-state index contributed by atoms with van der Waals surface area (Å²) in [6.07, 6.45) is 7.52. The van der Waals surface area contributed by atoms with Crippen molar-refractivity contribution in [2.45, 2.75) is 26.6 Å². The lowest BCUT2D eigenvalue weighted by Crippen LogP contribution is -2.38. The highest BCUT2D eigenvalue weighted by Gasteiger charge is 2.04. The van der Waals surface area contributed by atoms with Crippen LogP contribution in [0.4, 0.5) is 0 Å². The molecule has 0 fully saturated rings. The fourth-order valence-corrected chi connectivity index (χ4v) is 2.66. The van der Waals surface area contributed by atoms with Crippen LogP contribution >= 0.6 is 0 Å². The van der Waals surface area contributed by atoms with Gasteiger partial charge in [0.25, 0.3) is 0 Å². The highest BCUT2D eigenvalue weighted by Crippen LogP contribution is 2.11. The standard InChI is InChI=1S/C19H25N7/c1-2-20-19(21-11-14-25-12-5-9-23-25)22-15-17-7-3-4-8-18(17)16-26-13-6-10-24-26/h3-10,12-13H,2,11,14-16H2,1H3,(H2,20,21,22).